The second-order valence-corrected chi connectivity index (χ2v) is 13.9. The number of para-hydroxylation sites is 2. The third-order valence-electron chi connectivity index (χ3n) is 6.45. The summed E-state index contributed by atoms with van der Waals surface area (Å²) in [6, 6.07) is 7.70. The molecule has 0 unspecified atom stereocenters. The molecule has 0 saturated carbocycles. The van der Waals surface area contributed by atoms with Crippen molar-refractivity contribution in [1.82, 2.24) is 25.4 Å². The molecule has 0 spiro atoms. The number of halogens is 2. The summed E-state index contributed by atoms with van der Waals surface area (Å²) >= 11 is 13.6. The van der Waals surface area contributed by atoms with E-state index in [0.717, 1.165) is 90.3 Å². The minimum absolute atomic E-state index is 0.306. The smallest absolute Gasteiger partial charge is 0.183 e. The summed E-state index contributed by atoms with van der Waals surface area (Å²) in [6.07, 6.45) is 11.2. The molecule has 51 heavy (non-hydrogen) atoms. The van der Waals surface area contributed by atoms with Gasteiger partial charge in [-0.25, -0.2) is 9.97 Å². The van der Waals surface area contributed by atoms with Gasteiger partial charge < -0.3 is 37.9 Å². The molecule has 5 aliphatic heterocycles. The number of nitrogens with zero attached hydrogens (tertiary/aromatic N) is 4. The van der Waals surface area contributed by atoms with E-state index in [1.54, 1.807) is 12.4 Å². The van der Waals surface area contributed by atoms with E-state index in [-0.39, 0.29) is 5.79 Å². The minimum atomic E-state index is -0.306. The lowest BCUT2D eigenvalue weighted by molar-refractivity contribution is -0.125. The van der Waals surface area contributed by atoms with Gasteiger partial charge in [0.25, 0.3) is 0 Å². The Balaban J connectivity index is 0.000000203. The van der Waals surface area contributed by atoms with Gasteiger partial charge in [-0.1, -0.05) is 35.3 Å². The molecular formula is C34H53Cl2N5O8S2. The summed E-state index contributed by atoms with van der Waals surface area (Å²) in [5.74, 6) is -0.306. The van der Waals surface area contributed by atoms with Gasteiger partial charge in [0, 0.05) is 49.6 Å². The van der Waals surface area contributed by atoms with Crippen molar-refractivity contribution in [2.75, 3.05) is 86.1 Å². The number of fused-ring (bicyclic) bond motifs is 1. The van der Waals surface area contributed by atoms with Gasteiger partial charge in [0.2, 0.25) is 0 Å². The standard InChI is InChI=1S/C6H5N3.C5H10O2.2C5H10O.C4H8O2.2C3H2ClNS.C3H6O2/c1-2-4-6-5(3-1)7-9-8-6;1-5(2)6-3-4-7-5;2*1-2-4-6-5-3-1;1-2-6-4-3-5-1;2*4-3-5-1-2-6-3;1-2-5-3-4-1/h1-4H,(H,7,8,9);3-4H2,1-2H3;2*1-5H2;1-4H2;2*1-2H;1-3H2. The van der Waals surface area contributed by atoms with Crippen LogP contribution in [0.25, 0.3) is 11.0 Å². The number of rotatable bonds is 0. The number of nitrogens with one attached hydrogen (secondary N) is 1. The maximum absolute atomic E-state index is 5.36. The number of H-pyrrole nitrogens is 1. The van der Waals surface area contributed by atoms with Gasteiger partial charge in [-0.05, 0) is 64.5 Å². The van der Waals surface area contributed by atoms with E-state index in [9.17, 15) is 0 Å². The number of hydrogen-bond acceptors (Lipinski definition) is 14. The van der Waals surface area contributed by atoms with E-state index in [4.69, 9.17) is 61.1 Å². The first-order valence-corrected chi connectivity index (χ1v) is 19.6. The van der Waals surface area contributed by atoms with Crippen molar-refractivity contribution < 1.29 is 37.9 Å². The first-order valence-electron chi connectivity index (χ1n) is 17.1. The summed E-state index contributed by atoms with van der Waals surface area (Å²) < 4.78 is 40.9. The van der Waals surface area contributed by atoms with Crippen LogP contribution < -0.4 is 0 Å². The van der Waals surface area contributed by atoms with Gasteiger partial charge in [-0.2, -0.15) is 15.4 Å². The Morgan fingerprint density at radius 1 is 0.549 bits per heavy atom. The fraction of sp³-hybridized carbons (Fsp3) is 0.647. The number of thiazole rings is 2. The molecule has 5 saturated heterocycles. The first kappa shape index (κ1) is 45.3. The van der Waals surface area contributed by atoms with Crippen molar-refractivity contribution in [2.24, 2.45) is 0 Å². The number of benzene rings is 1. The average molecular weight is 795 g/mol. The van der Waals surface area contributed by atoms with E-state index < -0.39 is 0 Å². The van der Waals surface area contributed by atoms with Crippen molar-refractivity contribution >= 4 is 56.9 Å². The largest absolute Gasteiger partial charge is 0.381 e. The van der Waals surface area contributed by atoms with Gasteiger partial charge in [-0.15, -0.1) is 22.7 Å². The Hall–Kier alpha value is -1.86. The van der Waals surface area contributed by atoms with Crippen LogP contribution in [0.15, 0.2) is 47.4 Å². The van der Waals surface area contributed by atoms with Crippen LogP contribution in [0.3, 0.4) is 0 Å². The van der Waals surface area contributed by atoms with Crippen LogP contribution in [0.5, 0.6) is 0 Å². The number of aromatic nitrogens is 5. The fourth-order valence-electron chi connectivity index (χ4n) is 3.92. The highest BCUT2D eigenvalue weighted by Gasteiger charge is 2.23. The van der Waals surface area contributed by atoms with Crippen LogP contribution in [0.4, 0.5) is 0 Å². The number of aromatic amines is 1. The Labute approximate surface area is 319 Å². The molecule has 5 aliphatic rings. The Morgan fingerprint density at radius 3 is 1.14 bits per heavy atom. The van der Waals surface area contributed by atoms with Crippen molar-refractivity contribution in [3.05, 3.63) is 56.4 Å². The second kappa shape index (κ2) is 31.6. The maximum Gasteiger partial charge on any atom is 0.183 e. The summed E-state index contributed by atoms with van der Waals surface area (Å²) in [4.78, 5) is 7.40. The first-order chi connectivity index (χ1) is 25.0. The van der Waals surface area contributed by atoms with E-state index >= 15 is 0 Å². The molecule has 0 aliphatic carbocycles. The Bertz CT molecular complexity index is 1140. The molecule has 8 heterocycles. The molecule has 0 radical (unpaired) electrons. The summed E-state index contributed by atoms with van der Waals surface area (Å²) in [6.45, 7) is 14.5. The molecule has 1 N–H and O–H groups in total. The van der Waals surface area contributed by atoms with Crippen molar-refractivity contribution in [3.8, 4) is 0 Å². The van der Waals surface area contributed by atoms with E-state index in [2.05, 4.69) is 25.4 Å². The molecule has 0 atom stereocenters. The van der Waals surface area contributed by atoms with Crippen LogP contribution in [0.2, 0.25) is 8.93 Å². The lowest BCUT2D eigenvalue weighted by Gasteiger charge is -2.13. The molecule has 4 aromatic rings. The molecule has 5 fully saturated rings. The Morgan fingerprint density at radius 2 is 0.941 bits per heavy atom. The topological polar surface area (TPSA) is 141 Å². The maximum atomic E-state index is 5.36. The third-order valence-corrected chi connectivity index (χ3v) is 8.29. The summed E-state index contributed by atoms with van der Waals surface area (Å²) in [7, 11) is 0. The lowest BCUT2D eigenvalue weighted by atomic mass is 10.2. The number of hydrogen-bond donors (Lipinski definition) is 1. The zero-order valence-electron chi connectivity index (χ0n) is 29.7. The van der Waals surface area contributed by atoms with Crippen LogP contribution in [0.1, 0.15) is 52.4 Å². The highest BCUT2D eigenvalue weighted by atomic mass is 35.5. The van der Waals surface area contributed by atoms with Gasteiger partial charge >= 0.3 is 0 Å². The predicted molar refractivity (Wildman–Crippen MR) is 202 cm³/mol. The van der Waals surface area contributed by atoms with E-state index in [1.807, 2.05) is 48.9 Å². The predicted octanol–water partition coefficient (Wildman–Crippen LogP) is 7.72. The van der Waals surface area contributed by atoms with E-state index in [1.165, 1.54) is 61.2 Å². The van der Waals surface area contributed by atoms with Gasteiger partial charge in [0.05, 0.1) is 52.9 Å². The molecule has 13 nitrogen and oxygen atoms in total. The zero-order chi connectivity index (χ0) is 36.5. The Kier molecular flexibility index (Phi) is 28.1. The fourth-order valence-corrected chi connectivity index (χ4v) is 5.06. The zero-order valence-corrected chi connectivity index (χ0v) is 32.8. The van der Waals surface area contributed by atoms with Crippen LogP contribution in [-0.2, 0) is 37.9 Å². The average Bonchev–Trinajstić information content (AvgIpc) is 4.05. The molecule has 288 valence electrons. The van der Waals surface area contributed by atoms with Gasteiger partial charge in [0.15, 0.2) is 14.7 Å². The molecule has 1 aromatic carbocycles. The highest BCUT2D eigenvalue weighted by Crippen LogP contribution is 2.15. The molecule has 3 aromatic heterocycles. The molecule has 0 bridgehead atoms. The van der Waals surface area contributed by atoms with Crippen molar-refractivity contribution in [2.45, 2.75) is 58.2 Å². The summed E-state index contributed by atoms with van der Waals surface area (Å²) in [5.41, 5.74) is 1.83. The second-order valence-electron chi connectivity index (χ2n) is 11.0. The third kappa shape index (κ3) is 27.4. The molecule has 0 amide bonds. The van der Waals surface area contributed by atoms with Gasteiger partial charge in [-0.3, -0.25) is 0 Å². The van der Waals surface area contributed by atoms with E-state index in [0.29, 0.717) is 15.7 Å². The lowest BCUT2D eigenvalue weighted by Crippen LogP contribution is -2.18. The molecule has 9 rings (SSSR count). The SMILES string of the molecule is C1CCOCC1.C1CCOCC1.C1COCCO1.C1COCO1.CC1(C)OCCO1.Clc1nccs1.Clc1nccs1.c1ccc2n[nH]nc2c1. The quantitative estimate of drug-likeness (QED) is 0.186. The van der Waals surface area contributed by atoms with Gasteiger partial charge in [0.1, 0.15) is 17.8 Å². The molecule has 17 heteroatoms. The summed E-state index contributed by atoms with van der Waals surface area (Å²) in [5, 5.41) is 14.0. The van der Waals surface area contributed by atoms with Crippen molar-refractivity contribution in [1.29, 1.82) is 0 Å². The highest BCUT2D eigenvalue weighted by molar-refractivity contribution is 7.14. The normalized spacial score (nSPS) is 18.6. The van der Waals surface area contributed by atoms with Crippen LogP contribution in [0, 0.1) is 0 Å². The van der Waals surface area contributed by atoms with Crippen molar-refractivity contribution in [3.63, 3.8) is 0 Å². The number of ether oxygens (including phenoxy) is 8. The van der Waals surface area contributed by atoms with Crippen LogP contribution in [-0.4, -0.2) is 117 Å². The monoisotopic (exact) mass is 793 g/mol. The molecular weight excluding hydrogens is 741 g/mol. The minimum Gasteiger partial charge on any atom is -0.381 e. The van der Waals surface area contributed by atoms with Crippen LogP contribution >= 0.6 is 45.9 Å².